The predicted octanol–water partition coefficient (Wildman–Crippen LogP) is 3.20. The minimum Gasteiger partial charge on any atom is -0.467 e. The van der Waals surface area contributed by atoms with Crippen molar-refractivity contribution < 1.29 is 14.0 Å². The molecule has 0 saturated heterocycles. The molecule has 0 spiro atoms. The quantitative estimate of drug-likeness (QED) is 0.747. The van der Waals surface area contributed by atoms with Crippen molar-refractivity contribution in [3.8, 4) is 0 Å². The zero-order valence-electron chi connectivity index (χ0n) is 15.3. The Morgan fingerprint density at radius 2 is 2.08 bits per heavy atom. The fraction of sp³-hybridized carbons (Fsp3) is 0.316. The Morgan fingerprint density at radius 3 is 2.77 bits per heavy atom. The van der Waals surface area contributed by atoms with Crippen LogP contribution in [0.1, 0.15) is 32.3 Å². The molecule has 3 aromatic rings. The highest BCUT2D eigenvalue weighted by atomic mass is 32.1. The lowest BCUT2D eigenvalue weighted by molar-refractivity contribution is -0.121. The third-order valence-electron chi connectivity index (χ3n) is 4.19. The maximum atomic E-state index is 12.8. The van der Waals surface area contributed by atoms with Crippen molar-refractivity contribution in [3.63, 3.8) is 0 Å². The van der Waals surface area contributed by atoms with Crippen LogP contribution in [0.5, 0.6) is 0 Å². The number of pyridine rings is 1. The van der Waals surface area contributed by atoms with Gasteiger partial charge in [-0.3, -0.25) is 9.59 Å². The highest BCUT2D eigenvalue weighted by Gasteiger charge is 2.22. The van der Waals surface area contributed by atoms with Crippen molar-refractivity contribution in [2.75, 3.05) is 13.6 Å². The van der Waals surface area contributed by atoms with Crippen LogP contribution in [0.4, 0.5) is 0 Å². The third kappa shape index (κ3) is 3.62. The Labute approximate surface area is 155 Å². The summed E-state index contributed by atoms with van der Waals surface area (Å²) in [6.45, 7) is 6.19. The van der Waals surface area contributed by atoms with Gasteiger partial charge in [-0.25, -0.2) is 4.98 Å². The van der Waals surface area contributed by atoms with Gasteiger partial charge in [0.2, 0.25) is 5.91 Å². The van der Waals surface area contributed by atoms with Crippen LogP contribution in [0.3, 0.4) is 0 Å². The van der Waals surface area contributed by atoms with E-state index in [0.29, 0.717) is 17.2 Å². The van der Waals surface area contributed by atoms with Crippen molar-refractivity contribution in [1.29, 1.82) is 0 Å². The molecule has 0 saturated carbocycles. The number of fused-ring (bicyclic) bond motifs is 1. The summed E-state index contributed by atoms with van der Waals surface area (Å²) in [6.07, 6.45) is 1.55. The van der Waals surface area contributed by atoms with Gasteiger partial charge in [0.1, 0.15) is 10.6 Å². The molecule has 0 aliphatic rings. The Hall–Kier alpha value is -2.67. The zero-order chi connectivity index (χ0) is 18.8. The van der Waals surface area contributed by atoms with Crippen LogP contribution in [-0.4, -0.2) is 35.3 Å². The summed E-state index contributed by atoms with van der Waals surface area (Å²) in [4.78, 5) is 32.3. The van der Waals surface area contributed by atoms with E-state index >= 15 is 0 Å². The molecular weight excluding hydrogens is 350 g/mol. The van der Waals surface area contributed by atoms with E-state index < -0.39 is 0 Å². The molecule has 0 aromatic carbocycles. The smallest absolute Gasteiger partial charge is 0.264 e. The second kappa shape index (κ2) is 7.29. The number of hydrogen-bond donors (Lipinski definition) is 1. The van der Waals surface area contributed by atoms with Gasteiger partial charge >= 0.3 is 0 Å². The van der Waals surface area contributed by atoms with Crippen LogP contribution < -0.4 is 5.32 Å². The van der Waals surface area contributed by atoms with Gasteiger partial charge in [-0.2, -0.15) is 0 Å². The van der Waals surface area contributed by atoms with Crippen LogP contribution in [0, 0.1) is 20.8 Å². The summed E-state index contributed by atoms with van der Waals surface area (Å²) in [7, 11) is 1.63. The third-order valence-corrected chi connectivity index (χ3v) is 5.36. The second-order valence-electron chi connectivity index (χ2n) is 6.33. The van der Waals surface area contributed by atoms with Crippen molar-refractivity contribution in [1.82, 2.24) is 15.2 Å². The molecule has 136 valence electrons. The molecule has 0 aliphatic carbocycles. The maximum absolute atomic E-state index is 12.8. The minimum absolute atomic E-state index is 0.0152. The van der Waals surface area contributed by atoms with Gasteiger partial charge < -0.3 is 14.6 Å². The Bertz CT molecular complexity index is 960. The van der Waals surface area contributed by atoms with Crippen molar-refractivity contribution >= 4 is 33.4 Å². The number of aryl methyl sites for hydroxylation is 3. The molecule has 0 fully saturated rings. The van der Waals surface area contributed by atoms with E-state index in [-0.39, 0.29) is 18.4 Å². The monoisotopic (exact) mass is 371 g/mol. The summed E-state index contributed by atoms with van der Waals surface area (Å²) in [5, 5.41) is 3.77. The summed E-state index contributed by atoms with van der Waals surface area (Å²) < 4.78 is 5.18. The van der Waals surface area contributed by atoms with Gasteiger partial charge in [0.25, 0.3) is 5.91 Å². The van der Waals surface area contributed by atoms with Crippen molar-refractivity contribution in [2.45, 2.75) is 27.3 Å². The van der Waals surface area contributed by atoms with E-state index in [9.17, 15) is 9.59 Å². The molecule has 3 rings (SSSR count). The van der Waals surface area contributed by atoms with E-state index in [1.165, 1.54) is 16.2 Å². The first-order chi connectivity index (χ1) is 12.4. The van der Waals surface area contributed by atoms with Gasteiger partial charge in [-0.05, 0) is 50.1 Å². The standard InChI is InChI=1S/C19H21N3O3S/c1-11-8-12(2)21-18-16(11)13(3)17(26-18)19(24)22(4)10-15(23)20-9-14-6-5-7-25-14/h5-8H,9-10H2,1-4H3,(H,20,23). The molecule has 3 heterocycles. The number of carbonyl (C=O) groups is 2. The Morgan fingerprint density at radius 1 is 1.31 bits per heavy atom. The number of rotatable bonds is 5. The molecule has 0 bridgehead atoms. The number of carbonyl (C=O) groups excluding carboxylic acids is 2. The number of likely N-dealkylation sites (N-methyl/N-ethyl adjacent to an activating group) is 1. The van der Waals surface area contributed by atoms with Crippen LogP contribution >= 0.6 is 11.3 Å². The summed E-state index contributed by atoms with van der Waals surface area (Å²) >= 11 is 1.38. The van der Waals surface area contributed by atoms with Crippen LogP contribution in [0.15, 0.2) is 28.9 Å². The van der Waals surface area contributed by atoms with Gasteiger partial charge in [0.05, 0.1) is 24.2 Å². The highest BCUT2D eigenvalue weighted by Crippen LogP contribution is 2.32. The number of thiophene rings is 1. The van der Waals surface area contributed by atoms with Crippen molar-refractivity contribution in [2.24, 2.45) is 0 Å². The molecule has 1 N–H and O–H groups in total. The minimum atomic E-state index is -0.235. The SMILES string of the molecule is Cc1cc(C)c2c(C)c(C(=O)N(C)CC(=O)NCc3ccco3)sc2n1. The van der Waals surface area contributed by atoms with Gasteiger partial charge in [0.15, 0.2) is 0 Å². The zero-order valence-corrected chi connectivity index (χ0v) is 16.1. The first kappa shape index (κ1) is 18.1. The van der Waals surface area contributed by atoms with E-state index in [2.05, 4.69) is 10.3 Å². The fourth-order valence-electron chi connectivity index (χ4n) is 2.94. The number of amides is 2. The molecular formula is C19H21N3O3S. The number of aromatic nitrogens is 1. The molecule has 7 heteroatoms. The van der Waals surface area contributed by atoms with Crippen LogP contribution in [-0.2, 0) is 11.3 Å². The number of nitrogens with zero attached hydrogens (tertiary/aromatic N) is 2. The summed E-state index contributed by atoms with van der Waals surface area (Å²) in [5.74, 6) is 0.265. The molecule has 0 aliphatic heterocycles. The van der Waals surface area contributed by atoms with Crippen LogP contribution in [0.2, 0.25) is 0 Å². The Balaban J connectivity index is 1.72. The predicted molar refractivity (Wildman–Crippen MR) is 101 cm³/mol. The fourth-order valence-corrected chi connectivity index (χ4v) is 4.24. The van der Waals surface area contributed by atoms with Gasteiger partial charge in [-0.1, -0.05) is 0 Å². The summed E-state index contributed by atoms with van der Waals surface area (Å²) in [5.41, 5.74) is 2.96. The molecule has 6 nitrogen and oxygen atoms in total. The number of nitrogens with one attached hydrogen (secondary N) is 1. The average Bonchev–Trinajstić information content (AvgIpc) is 3.20. The maximum Gasteiger partial charge on any atom is 0.264 e. The van der Waals surface area contributed by atoms with Crippen molar-refractivity contribution in [3.05, 3.63) is 51.9 Å². The molecule has 0 unspecified atom stereocenters. The van der Waals surface area contributed by atoms with E-state index in [1.54, 1.807) is 25.4 Å². The normalized spacial score (nSPS) is 10.9. The second-order valence-corrected chi connectivity index (χ2v) is 7.33. The molecule has 3 aromatic heterocycles. The van der Waals surface area contributed by atoms with Gasteiger partial charge in [0, 0.05) is 18.1 Å². The molecule has 2 amide bonds. The molecule has 26 heavy (non-hydrogen) atoms. The summed E-state index contributed by atoms with van der Waals surface area (Å²) in [6, 6.07) is 5.56. The van der Waals surface area contributed by atoms with Crippen LogP contribution in [0.25, 0.3) is 10.2 Å². The first-order valence-electron chi connectivity index (χ1n) is 8.28. The lowest BCUT2D eigenvalue weighted by Crippen LogP contribution is -2.38. The number of hydrogen-bond acceptors (Lipinski definition) is 5. The van der Waals surface area contributed by atoms with E-state index in [1.807, 2.05) is 26.8 Å². The number of furan rings is 1. The highest BCUT2D eigenvalue weighted by molar-refractivity contribution is 7.20. The van der Waals surface area contributed by atoms with E-state index in [4.69, 9.17) is 4.42 Å². The largest absolute Gasteiger partial charge is 0.467 e. The molecule has 0 radical (unpaired) electrons. The first-order valence-corrected chi connectivity index (χ1v) is 9.10. The van der Waals surface area contributed by atoms with Gasteiger partial charge in [-0.15, -0.1) is 11.3 Å². The average molecular weight is 371 g/mol. The lowest BCUT2D eigenvalue weighted by Gasteiger charge is -2.16. The van der Waals surface area contributed by atoms with E-state index in [0.717, 1.165) is 27.0 Å². The Kier molecular flexibility index (Phi) is 5.08. The lowest BCUT2D eigenvalue weighted by atomic mass is 10.1. The topological polar surface area (TPSA) is 75.4 Å². The molecule has 0 atom stereocenters.